The van der Waals surface area contributed by atoms with E-state index in [4.69, 9.17) is 30.7 Å². The molecular formula is C118H73N9O7S3. The predicted octanol–water partition coefficient (Wildman–Crippen LogP) is 29.6. The van der Waals surface area contributed by atoms with Gasteiger partial charge >= 0.3 is 0 Å². The monoisotopic (exact) mass is 1820 g/mol. The van der Waals surface area contributed by atoms with E-state index in [1.165, 1.54) is 10.8 Å². The summed E-state index contributed by atoms with van der Waals surface area (Å²) in [5.74, 6) is -0.200. The molecule has 0 amide bonds. The van der Waals surface area contributed by atoms with Crippen LogP contribution in [-0.4, -0.2) is 48.1 Å². The van der Waals surface area contributed by atoms with Crippen molar-refractivity contribution < 1.29 is 29.7 Å². The Morgan fingerprint density at radius 3 is 0.803 bits per heavy atom. The molecule has 9 heterocycles. The maximum absolute atomic E-state index is 13.5. The topological polar surface area (TPSA) is 158 Å². The molecule has 0 fully saturated rings. The molecule has 0 aliphatic carbocycles. The molecule has 0 N–H and O–H groups in total. The zero-order valence-corrected chi connectivity index (χ0v) is 75.5. The van der Waals surface area contributed by atoms with Gasteiger partial charge in [0, 0.05) is 77.1 Å². The van der Waals surface area contributed by atoms with E-state index in [1.54, 1.807) is 0 Å². The van der Waals surface area contributed by atoms with Gasteiger partial charge in [0.05, 0.1) is 116 Å². The highest BCUT2D eigenvalue weighted by atomic mass is 32.2. The van der Waals surface area contributed by atoms with Crippen LogP contribution in [-0.2, 0) is 64.0 Å². The zero-order valence-electron chi connectivity index (χ0n) is 73.1. The fraction of sp³-hybridized carbons (Fsp3) is 0.0508. The second kappa shape index (κ2) is 31.4. The molecule has 3 aliphatic rings. The van der Waals surface area contributed by atoms with Gasteiger partial charge < -0.3 is 27.3 Å². The van der Waals surface area contributed by atoms with Crippen molar-refractivity contribution in [2.24, 2.45) is 0 Å². The second-order valence-corrected chi connectivity index (χ2v) is 41.7. The Hall–Kier alpha value is -17.4. The first-order chi connectivity index (χ1) is 66.9. The summed E-state index contributed by atoms with van der Waals surface area (Å²) in [7, 11) is -10.3. The van der Waals surface area contributed by atoms with Crippen molar-refractivity contribution in [3.63, 3.8) is 0 Å². The summed E-state index contributed by atoms with van der Waals surface area (Å²) in [6.45, 7) is 30.1. The number of furan rings is 1. The van der Waals surface area contributed by atoms with Gasteiger partial charge in [-0.05, 0) is 252 Å². The quantitative estimate of drug-likeness (QED) is 0.150. The zero-order chi connectivity index (χ0) is 92.4. The molecule has 0 bridgehead atoms. The molecule has 650 valence electrons. The van der Waals surface area contributed by atoms with Crippen LogP contribution in [0.5, 0.6) is 0 Å². The highest BCUT2D eigenvalue weighted by Crippen LogP contribution is 2.48. The molecular weight excluding hydrogens is 1750 g/mol. The van der Waals surface area contributed by atoms with Gasteiger partial charge in [0.15, 0.2) is 52.3 Å². The maximum atomic E-state index is 13.5. The molecule has 137 heavy (non-hydrogen) atoms. The summed E-state index contributed by atoms with van der Waals surface area (Å²) in [6.07, 6.45) is 0. The highest BCUT2D eigenvalue weighted by molar-refractivity contribution is 7.90. The van der Waals surface area contributed by atoms with Gasteiger partial charge in [-0.15, -0.1) is 0 Å². The Morgan fingerprint density at radius 2 is 0.467 bits per heavy atom. The Labute approximate surface area is 786 Å². The largest absolute Gasteiger partial charge is 0.455 e. The lowest BCUT2D eigenvalue weighted by Gasteiger charge is -2.15. The number of nitrogens with zero attached hydrogens (tertiary/aromatic N) is 9. The van der Waals surface area contributed by atoms with Crippen LogP contribution < -0.4 is 0 Å². The van der Waals surface area contributed by atoms with Crippen molar-refractivity contribution >= 4 is 183 Å². The smallest absolute Gasteiger partial charge is 0.188 e. The lowest BCUT2D eigenvalue weighted by Crippen LogP contribution is -2.06. The van der Waals surface area contributed by atoms with Gasteiger partial charge in [0.2, 0.25) is 0 Å². The SMILES string of the molecule is [C-]#[N+]c1ccc2c(c1)c1ccccc1n2-c1ccc2c(c1)CS(=O)(=O)Cc1ccc(-c3cccc4c3oc3ccccc34)cc1-2.[C-]#[N+]c1ccc2c(c1)c1ccccc1n2-c1ccc2c(c1)CS(=O)(=O)Cc1ccc(-n3c4ccccc4c4cc([N+]#[C-])ccc43)cc1-2.[C-]#[N+]c1ccc2c(c1)c1ccccc1n2-c1ccc2c(c1)CS(=O)(=O)Cc1ccc(-n3c4ccccc4c4ccccc43)cc1-2. The van der Waals surface area contributed by atoms with Crippen LogP contribution >= 0.6 is 0 Å². The average Bonchev–Trinajstić information content (AvgIpc) is 1.55. The molecule has 18 aromatic carbocycles. The van der Waals surface area contributed by atoms with Gasteiger partial charge in [0.25, 0.3) is 0 Å². The van der Waals surface area contributed by atoms with Gasteiger partial charge in [-0.25, -0.2) is 44.6 Å². The molecule has 6 aromatic heterocycles. The van der Waals surface area contributed by atoms with Crippen LogP contribution in [0.3, 0.4) is 0 Å². The Bertz CT molecular complexity index is 9970. The number of fused-ring (bicyclic) bond motifs is 27. The third-order valence-corrected chi connectivity index (χ3v) is 31.9. The van der Waals surface area contributed by atoms with E-state index < -0.39 is 29.5 Å². The number of rotatable bonds is 6. The van der Waals surface area contributed by atoms with Crippen molar-refractivity contribution in [1.29, 1.82) is 0 Å². The minimum Gasteiger partial charge on any atom is -0.455 e. The lowest BCUT2D eigenvalue weighted by molar-refractivity contribution is 0.593. The van der Waals surface area contributed by atoms with E-state index in [9.17, 15) is 25.3 Å². The fourth-order valence-corrected chi connectivity index (χ4v) is 26.2. The van der Waals surface area contributed by atoms with E-state index in [0.717, 1.165) is 227 Å². The van der Waals surface area contributed by atoms with E-state index in [1.807, 2.05) is 200 Å². The number of para-hydroxylation sites is 8. The summed E-state index contributed by atoms with van der Waals surface area (Å²) in [5, 5.41) is 12.7. The molecule has 27 rings (SSSR count). The number of hydrogen-bond donors (Lipinski definition) is 0. The molecule has 0 saturated heterocycles. The van der Waals surface area contributed by atoms with Crippen molar-refractivity contribution in [3.05, 3.63) is 449 Å². The number of aromatic nitrogens is 5. The summed E-state index contributed by atoms with van der Waals surface area (Å²) in [6, 6.07) is 123. The van der Waals surface area contributed by atoms with Gasteiger partial charge in [-0.1, -0.05) is 212 Å². The van der Waals surface area contributed by atoms with Gasteiger partial charge in [-0.3, -0.25) is 0 Å². The predicted molar refractivity (Wildman–Crippen MR) is 554 cm³/mol. The van der Waals surface area contributed by atoms with E-state index >= 15 is 0 Å². The Morgan fingerprint density at radius 1 is 0.204 bits per heavy atom. The summed E-state index contributed by atoms with van der Waals surface area (Å²) >= 11 is 0. The van der Waals surface area contributed by atoms with Crippen molar-refractivity contribution in [2.75, 3.05) is 0 Å². The first-order valence-electron chi connectivity index (χ1n) is 44.8. The maximum Gasteiger partial charge on any atom is 0.188 e. The molecule has 24 aromatic rings. The molecule has 0 unspecified atom stereocenters. The van der Waals surface area contributed by atoms with Crippen LogP contribution in [0.2, 0.25) is 0 Å². The van der Waals surface area contributed by atoms with Gasteiger partial charge in [-0.2, -0.15) is 0 Å². The summed E-state index contributed by atoms with van der Waals surface area (Å²) in [5.41, 5.74) is 31.0. The third kappa shape index (κ3) is 13.5. The Kier molecular flexibility index (Phi) is 18.7. The minimum atomic E-state index is -3.45. The summed E-state index contributed by atoms with van der Waals surface area (Å²) < 4.78 is 98.4. The number of benzene rings is 18. The molecule has 0 atom stereocenters. The van der Waals surface area contributed by atoms with Gasteiger partial charge in [0.1, 0.15) is 11.2 Å². The second-order valence-electron chi connectivity index (χ2n) is 35.5. The molecule has 16 nitrogen and oxygen atoms in total. The first kappa shape index (κ1) is 81.6. The molecule has 19 heteroatoms. The summed E-state index contributed by atoms with van der Waals surface area (Å²) in [4.78, 5) is 14.6. The minimum absolute atomic E-state index is 0.00537. The van der Waals surface area contributed by atoms with Crippen LogP contribution in [0.15, 0.2) is 374 Å². The van der Waals surface area contributed by atoms with Crippen molar-refractivity contribution in [1.82, 2.24) is 22.8 Å². The van der Waals surface area contributed by atoms with Crippen LogP contribution in [0.4, 0.5) is 22.7 Å². The first-order valence-corrected chi connectivity index (χ1v) is 50.3. The molecule has 0 saturated carbocycles. The van der Waals surface area contributed by atoms with Crippen LogP contribution in [0.1, 0.15) is 33.4 Å². The van der Waals surface area contributed by atoms with Crippen LogP contribution in [0.25, 0.3) is 223 Å². The van der Waals surface area contributed by atoms with Crippen molar-refractivity contribution in [3.8, 4) is 72.9 Å². The van der Waals surface area contributed by atoms with E-state index in [2.05, 4.69) is 212 Å². The van der Waals surface area contributed by atoms with E-state index in [0.29, 0.717) is 22.7 Å². The number of sulfone groups is 3. The lowest BCUT2D eigenvalue weighted by atomic mass is 9.92. The molecule has 3 aliphatic heterocycles. The van der Waals surface area contributed by atoms with E-state index in [-0.39, 0.29) is 34.5 Å². The average molecular weight is 1830 g/mol. The molecule has 0 radical (unpaired) electrons. The standard InChI is InChI=1S/C40H24N4O2S.C39H25N3O2S.C39H24N2O3S/c1-41-27-12-17-39-35(20-27)32-7-3-5-9-37(32)43(39)29-15-16-31-26(19-29)24-47(45,46)23-25-11-14-30(22-34(25)31)44-38-10-6-4-8-33(38)36-21-28(42-2)13-18-40(36)44;1-40-27-15-19-39-35(21-27)33-10-4-7-13-38(33)41(39)28-17-18-30-26(20-28)24-45(43,44)23-25-14-16-29(22-34(25)30)42-36-11-5-2-8-31(36)32-9-3-6-12-37(32)42;1-40-27-15-18-37-35(21-27)31-7-2-4-11-36(31)41(37)28-16-17-29-26(19-28)23-45(42,43)22-25-14-13-24(20-34(25)29)30-9-6-10-33-32-8-3-5-12-38(32)44-39(30)33/h3-22H,23-24H2;2-22H,23-24H2;2-21H,22-23H2. The van der Waals surface area contributed by atoms with Crippen molar-refractivity contribution in [2.45, 2.75) is 34.5 Å². The molecule has 0 spiro atoms. The van der Waals surface area contributed by atoms with Crippen LogP contribution in [0, 0.1) is 26.3 Å². The normalized spacial score (nSPS) is 13.8. The number of hydrogen-bond acceptors (Lipinski definition) is 7. The fourth-order valence-electron chi connectivity index (χ4n) is 21.6. The highest BCUT2D eigenvalue weighted by Gasteiger charge is 2.32. The Balaban J connectivity index is 0.000000109. The third-order valence-electron chi connectivity index (χ3n) is 27.4.